The highest BCUT2D eigenvalue weighted by atomic mass is 16.5. The third-order valence-corrected chi connectivity index (χ3v) is 2.97. The number of pyridine rings is 1. The van der Waals surface area contributed by atoms with Crippen molar-refractivity contribution in [2.45, 2.75) is 32.9 Å². The minimum atomic E-state index is -0.250. The lowest BCUT2D eigenvalue weighted by Gasteiger charge is -2.12. The number of nitrogens with zero attached hydrogens (tertiary/aromatic N) is 1. The van der Waals surface area contributed by atoms with E-state index in [9.17, 15) is 9.90 Å². The number of amides is 1. The van der Waals surface area contributed by atoms with Crippen LogP contribution in [0.3, 0.4) is 0 Å². The highest BCUT2D eigenvalue weighted by Gasteiger charge is 2.11. The van der Waals surface area contributed by atoms with Gasteiger partial charge in [-0.2, -0.15) is 0 Å². The molecule has 0 saturated carbocycles. The average Bonchev–Trinajstić information content (AvgIpc) is 2.65. The molecular formula is C19H27N3O5. The molecule has 0 aliphatic heterocycles. The molecule has 148 valence electrons. The van der Waals surface area contributed by atoms with Gasteiger partial charge in [-0.3, -0.25) is 14.6 Å². The standard InChI is InChI=1S/C13H18N2O2.C5H7NO.CH2O2/c1-4-5-6-14-8-12-11(9-17-3)7-15-10(2)13(12)16;1-2-3-4-6-5-7;2-1-3/h1,7,14,16H,5-6,8-9H2,2-3H3;1,5H,3-4H2,(H,6,7);1H,(H,2,3). The van der Waals surface area contributed by atoms with Crippen LogP contribution in [0, 0.1) is 31.6 Å². The molecule has 0 radical (unpaired) electrons. The zero-order valence-corrected chi connectivity index (χ0v) is 15.7. The Kier molecular flexibility index (Phi) is 18.7. The van der Waals surface area contributed by atoms with Gasteiger partial charge in [0.15, 0.2) is 0 Å². The number of terminal acetylenes is 2. The normalized spacial score (nSPS) is 8.59. The molecule has 0 spiro atoms. The summed E-state index contributed by atoms with van der Waals surface area (Å²) < 4.78 is 5.08. The first-order valence-electron chi connectivity index (χ1n) is 8.01. The van der Waals surface area contributed by atoms with E-state index >= 15 is 0 Å². The number of aryl methyl sites for hydroxylation is 1. The second kappa shape index (κ2) is 19.3. The van der Waals surface area contributed by atoms with E-state index in [1.165, 1.54) is 0 Å². The molecule has 0 unspecified atom stereocenters. The van der Waals surface area contributed by atoms with Crippen LogP contribution in [0.4, 0.5) is 0 Å². The van der Waals surface area contributed by atoms with Crippen LogP contribution in [0.2, 0.25) is 0 Å². The summed E-state index contributed by atoms with van der Waals surface area (Å²) in [4.78, 5) is 22.0. The fourth-order valence-electron chi connectivity index (χ4n) is 1.74. The minimum Gasteiger partial charge on any atom is -0.506 e. The van der Waals surface area contributed by atoms with Gasteiger partial charge >= 0.3 is 0 Å². The molecule has 27 heavy (non-hydrogen) atoms. The van der Waals surface area contributed by atoms with Gasteiger partial charge in [0.2, 0.25) is 6.41 Å². The van der Waals surface area contributed by atoms with E-state index in [-0.39, 0.29) is 12.2 Å². The molecule has 0 aliphatic rings. The fraction of sp³-hybridized carbons (Fsp3) is 0.421. The van der Waals surface area contributed by atoms with Crippen molar-refractivity contribution in [3.05, 3.63) is 23.0 Å². The summed E-state index contributed by atoms with van der Waals surface area (Å²) >= 11 is 0. The number of carboxylic acid groups (broad SMARTS) is 1. The lowest BCUT2D eigenvalue weighted by molar-refractivity contribution is -0.122. The lowest BCUT2D eigenvalue weighted by Crippen LogP contribution is -2.16. The summed E-state index contributed by atoms with van der Waals surface area (Å²) in [6.45, 7) is 3.84. The predicted octanol–water partition coefficient (Wildman–Crippen LogP) is 0.811. The van der Waals surface area contributed by atoms with E-state index in [1.807, 2.05) is 0 Å². The highest BCUT2D eigenvalue weighted by Crippen LogP contribution is 2.23. The van der Waals surface area contributed by atoms with Crippen molar-refractivity contribution >= 4 is 12.9 Å². The Morgan fingerprint density at radius 1 is 1.26 bits per heavy atom. The summed E-state index contributed by atoms with van der Waals surface area (Å²) in [5.74, 6) is 5.17. The quantitative estimate of drug-likeness (QED) is 0.285. The first-order valence-corrected chi connectivity index (χ1v) is 8.01. The minimum absolute atomic E-state index is 0.229. The van der Waals surface area contributed by atoms with Crippen molar-refractivity contribution in [3.8, 4) is 30.4 Å². The number of carbonyl (C=O) groups is 2. The Hall–Kier alpha value is -3.07. The van der Waals surface area contributed by atoms with Crippen molar-refractivity contribution in [2.24, 2.45) is 0 Å². The molecule has 8 heteroatoms. The van der Waals surface area contributed by atoms with E-state index in [2.05, 4.69) is 27.5 Å². The van der Waals surface area contributed by atoms with Gasteiger partial charge in [0.05, 0.1) is 12.3 Å². The molecular weight excluding hydrogens is 350 g/mol. The molecule has 0 aliphatic carbocycles. The summed E-state index contributed by atoms with van der Waals surface area (Å²) in [5.41, 5.74) is 2.35. The lowest BCUT2D eigenvalue weighted by atomic mass is 10.1. The van der Waals surface area contributed by atoms with Crippen molar-refractivity contribution in [2.75, 3.05) is 20.2 Å². The van der Waals surface area contributed by atoms with E-state index in [0.717, 1.165) is 17.7 Å². The zero-order chi connectivity index (χ0) is 20.9. The highest BCUT2D eigenvalue weighted by molar-refractivity contribution is 5.45. The molecule has 0 fully saturated rings. The van der Waals surface area contributed by atoms with Crippen LogP contribution >= 0.6 is 0 Å². The topological polar surface area (TPSA) is 121 Å². The average molecular weight is 377 g/mol. The number of ether oxygens (including phenoxy) is 1. The largest absolute Gasteiger partial charge is 0.506 e. The van der Waals surface area contributed by atoms with Crippen LogP contribution in [-0.4, -0.2) is 48.3 Å². The third kappa shape index (κ3) is 13.9. The molecule has 0 saturated heterocycles. The Bertz CT molecular complexity index is 621. The van der Waals surface area contributed by atoms with Crippen molar-refractivity contribution in [1.82, 2.24) is 15.6 Å². The molecule has 1 rings (SSSR count). The first kappa shape index (κ1) is 26.2. The molecule has 1 amide bonds. The summed E-state index contributed by atoms with van der Waals surface area (Å²) in [7, 11) is 1.62. The van der Waals surface area contributed by atoms with Gasteiger partial charge in [-0.25, -0.2) is 0 Å². The Balaban J connectivity index is 0. The number of hydrogen-bond donors (Lipinski definition) is 4. The van der Waals surface area contributed by atoms with Gasteiger partial charge in [-0.15, -0.1) is 24.7 Å². The molecule has 8 nitrogen and oxygen atoms in total. The predicted molar refractivity (Wildman–Crippen MR) is 103 cm³/mol. The second-order valence-electron chi connectivity index (χ2n) is 4.89. The van der Waals surface area contributed by atoms with Crippen LogP contribution in [-0.2, 0) is 27.5 Å². The summed E-state index contributed by atoms with van der Waals surface area (Å²) in [5, 5.41) is 22.5. The molecule has 0 bridgehead atoms. The Morgan fingerprint density at radius 3 is 2.37 bits per heavy atom. The SMILES string of the molecule is C#CCCNC=O.C#CCCNCc1c(COC)cnc(C)c1O.O=CO. The smallest absolute Gasteiger partial charge is 0.290 e. The van der Waals surface area contributed by atoms with Crippen molar-refractivity contribution in [3.63, 3.8) is 0 Å². The monoisotopic (exact) mass is 377 g/mol. The van der Waals surface area contributed by atoms with Crippen LogP contribution in [0.5, 0.6) is 5.75 Å². The maximum absolute atomic E-state index is 9.96. The maximum atomic E-state index is 9.96. The zero-order valence-electron chi connectivity index (χ0n) is 15.7. The van der Waals surface area contributed by atoms with Gasteiger partial charge in [-0.05, 0) is 6.92 Å². The summed E-state index contributed by atoms with van der Waals surface area (Å²) in [6.07, 6.45) is 13.7. The van der Waals surface area contributed by atoms with E-state index < -0.39 is 0 Å². The van der Waals surface area contributed by atoms with E-state index in [0.29, 0.717) is 44.6 Å². The van der Waals surface area contributed by atoms with Crippen LogP contribution < -0.4 is 10.6 Å². The molecule has 1 aromatic rings. The maximum Gasteiger partial charge on any atom is 0.290 e. The molecule has 1 aromatic heterocycles. The molecule has 0 atom stereocenters. The number of rotatable bonds is 9. The van der Waals surface area contributed by atoms with Crippen LogP contribution in [0.15, 0.2) is 6.20 Å². The van der Waals surface area contributed by atoms with Crippen LogP contribution in [0.25, 0.3) is 0 Å². The van der Waals surface area contributed by atoms with Crippen LogP contribution in [0.1, 0.15) is 29.7 Å². The number of aromatic nitrogens is 1. The number of aromatic hydroxyl groups is 1. The fourth-order valence-corrected chi connectivity index (χ4v) is 1.74. The van der Waals surface area contributed by atoms with Gasteiger partial charge in [0, 0.05) is 56.9 Å². The second-order valence-corrected chi connectivity index (χ2v) is 4.89. The Morgan fingerprint density at radius 2 is 1.85 bits per heavy atom. The number of nitrogens with one attached hydrogen (secondary N) is 2. The van der Waals surface area contributed by atoms with Gasteiger partial charge in [-0.1, -0.05) is 0 Å². The van der Waals surface area contributed by atoms with Gasteiger partial charge in [0.1, 0.15) is 5.75 Å². The number of hydrogen-bond acceptors (Lipinski definition) is 6. The van der Waals surface area contributed by atoms with Gasteiger partial charge in [0.25, 0.3) is 6.47 Å². The van der Waals surface area contributed by atoms with Crippen molar-refractivity contribution < 1.29 is 24.5 Å². The molecule has 4 N–H and O–H groups in total. The van der Waals surface area contributed by atoms with E-state index in [4.69, 9.17) is 27.5 Å². The summed E-state index contributed by atoms with van der Waals surface area (Å²) in [6, 6.07) is 0. The van der Waals surface area contributed by atoms with Gasteiger partial charge < -0.3 is 25.6 Å². The molecule has 1 heterocycles. The van der Waals surface area contributed by atoms with E-state index in [1.54, 1.807) is 20.2 Å². The first-order chi connectivity index (χ1) is 13.0. The van der Waals surface area contributed by atoms with Crippen molar-refractivity contribution in [1.29, 1.82) is 0 Å². The number of carbonyl (C=O) groups excluding carboxylic acids is 1. The number of methoxy groups -OCH3 is 1. The molecule has 0 aromatic carbocycles. The third-order valence-electron chi connectivity index (χ3n) is 2.97. The Labute approximate surface area is 160 Å².